The van der Waals surface area contributed by atoms with Crippen molar-refractivity contribution in [3.8, 4) is 6.07 Å². The lowest BCUT2D eigenvalue weighted by Crippen LogP contribution is -3.17. The number of fused-ring (bicyclic) bond motifs is 2. The van der Waals surface area contributed by atoms with Gasteiger partial charge in [0.1, 0.15) is 23.3 Å². The molecule has 2 fully saturated rings. The quantitative estimate of drug-likeness (QED) is 0.571. The van der Waals surface area contributed by atoms with Crippen LogP contribution in [-0.2, 0) is 15.1 Å². The largest absolute Gasteiger partial charge is 0.359 e. The minimum absolute atomic E-state index is 0.00445. The molecule has 0 aliphatic carbocycles. The number of hydrogen-bond acceptors (Lipinski definition) is 4. The normalized spacial score (nSPS) is 26.1. The molecule has 2 aromatic rings. The van der Waals surface area contributed by atoms with Crippen LogP contribution >= 0.6 is 11.6 Å². The molecular formula is C31H38ClF2N4O2+. The summed E-state index contributed by atoms with van der Waals surface area (Å²) >= 11 is 6.44. The first kappa shape index (κ1) is 28.9. The van der Waals surface area contributed by atoms with Crippen molar-refractivity contribution in [1.82, 2.24) is 9.88 Å². The fourth-order valence-corrected chi connectivity index (χ4v) is 6.84. The molecule has 3 aliphatic rings. The summed E-state index contributed by atoms with van der Waals surface area (Å²) in [6, 6.07) is 7.92. The molecule has 214 valence electrons. The van der Waals surface area contributed by atoms with Crippen molar-refractivity contribution in [1.29, 1.82) is 5.26 Å². The summed E-state index contributed by atoms with van der Waals surface area (Å²) in [6.45, 7) is 14.0. The zero-order valence-corrected chi connectivity index (χ0v) is 24.8. The van der Waals surface area contributed by atoms with Gasteiger partial charge in [-0.05, 0) is 72.1 Å². The average molecular weight is 572 g/mol. The van der Waals surface area contributed by atoms with Crippen LogP contribution in [0, 0.1) is 41.2 Å². The molecule has 1 aromatic heterocycles. The lowest BCUT2D eigenvalue weighted by atomic mass is 9.82. The highest BCUT2D eigenvalue weighted by molar-refractivity contribution is 6.31. The minimum atomic E-state index is -0.791. The molecule has 2 saturated heterocycles. The first-order valence-electron chi connectivity index (χ1n) is 14.0. The van der Waals surface area contributed by atoms with Crippen molar-refractivity contribution in [2.24, 2.45) is 11.3 Å². The monoisotopic (exact) mass is 571 g/mol. The molecule has 1 aromatic carbocycles. The smallest absolute Gasteiger partial charge is 0.232 e. The number of halogens is 3. The number of benzene rings is 1. The molecule has 3 aliphatic heterocycles. The number of ether oxygens (including phenoxy) is 1. The Morgan fingerprint density at radius 3 is 2.42 bits per heavy atom. The first-order valence-corrected chi connectivity index (χ1v) is 14.4. The van der Waals surface area contributed by atoms with E-state index in [0.29, 0.717) is 55.3 Å². The van der Waals surface area contributed by atoms with E-state index in [1.807, 2.05) is 31.7 Å². The molecule has 0 bridgehead atoms. The van der Waals surface area contributed by atoms with Gasteiger partial charge in [0.25, 0.3) is 0 Å². The van der Waals surface area contributed by atoms with Crippen LogP contribution in [0.25, 0.3) is 0 Å². The molecule has 5 rings (SSSR count). The number of pyridine rings is 1. The van der Waals surface area contributed by atoms with Crippen LogP contribution in [-0.4, -0.2) is 47.5 Å². The van der Waals surface area contributed by atoms with E-state index in [4.69, 9.17) is 21.3 Å². The number of hydrogen-bond donors (Lipinski definition) is 1. The average Bonchev–Trinajstić information content (AvgIpc) is 3.46. The van der Waals surface area contributed by atoms with E-state index in [-0.39, 0.29) is 17.4 Å². The van der Waals surface area contributed by atoms with Crippen molar-refractivity contribution in [3.63, 3.8) is 0 Å². The number of likely N-dealkylation sites (tertiary alicyclic amines) is 2. The van der Waals surface area contributed by atoms with Crippen molar-refractivity contribution in [3.05, 3.63) is 63.4 Å². The molecule has 9 heteroatoms. The number of aryl methyl sites for hydroxylation is 1. The highest BCUT2D eigenvalue weighted by atomic mass is 35.5. The predicted molar refractivity (Wildman–Crippen MR) is 148 cm³/mol. The second kappa shape index (κ2) is 10.0. The Balaban J connectivity index is 1.41. The van der Waals surface area contributed by atoms with Gasteiger partial charge >= 0.3 is 0 Å². The number of nitrogens with zero attached hydrogens (tertiary/aromatic N) is 3. The first-order chi connectivity index (χ1) is 18.7. The molecule has 0 radical (unpaired) electrons. The van der Waals surface area contributed by atoms with Crippen LogP contribution in [0.2, 0.25) is 5.02 Å². The number of carbonyl (C=O) groups excluding carboxylic acids is 1. The fourth-order valence-electron chi connectivity index (χ4n) is 6.68. The van der Waals surface area contributed by atoms with Crippen LogP contribution < -0.4 is 4.90 Å². The summed E-state index contributed by atoms with van der Waals surface area (Å²) < 4.78 is 35.3. The van der Waals surface area contributed by atoms with Gasteiger partial charge in [0.2, 0.25) is 5.91 Å². The van der Waals surface area contributed by atoms with Crippen LogP contribution in [0.15, 0.2) is 24.3 Å². The molecule has 1 amide bonds. The van der Waals surface area contributed by atoms with Crippen molar-refractivity contribution in [2.45, 2.75) is 77.5 Å². The van der Waals surface area contributed by atoms with Gasteiger partial charge in [0.15, 0.2) is 0 Å². The molecule has 1 N–H and O–H groups in total. The predicted octanol–water partition coefficient (Wildman–Crippen LogP) is 4.86. The number of nitriles is 1. The summed E-state index contributed by atoms with van der Waals surface area (Å²) in [7, 11) is 0. The van der Waals surface area contributed by atoms with Gasteiger partial charge in [-0.1, -0.05) is 17.7 Å². The van der Waals surface area contributed by atoms with Gasteiger partial charge in [-0.3, -0.25) is 9.78 Å². The van der Waals surface area contributed by atoms with E-state index >= 15 is 0 Å². The molecule has 40 heavy (non-hydrogen) atoms. The molecule has 1 spiro atoms. The number of amides is 1. The molecule has 4 heterocycles. The van der Waals surface area contributed by atoms with E-state index in [1.54, 1.807) is 0 Å². The van der Waals surface area contributed by atoms with Gasteiger partial charge in [-0.15, -0.1) is 0 Å². The minimum Gasteiger partial charge on any atom is -0.359 e. The highest BCUT2D eigenvalue weighted by Crippen LogP contribution is 2.54. The Morgan fingerprint density at radius 1 is 1.15 bits per heavy atom. The van der Waals surface area contributed by atoms with Crippen LogP contribution in [0.4, 0.5) is 8.78 Å². The summed E-state index contributed by atoms with van der Waals surface area (Å²) in [5.74, 6) is -1.98. The second-order valence-corrected chi connectivity index (χ2v) is 13.7. The van der Waals surface area contributed by atoms with Crippen molar-refractivity contribution in [2.75, 3.05) is 26.2 Å². The van der Waals surface area contributed by atoms with E-state index in [2.05, 4.69) is 26.8 Å². The van der Waals surface area contributed by atoms with Crippen LogP contribution in [0.5, 0.6) is 0 Å². The zero-order chi connectivity index (χ0) is 29.2. The maximum atomic E-state index is 14.9. The van der Waals surface area contributed by atoms with E-state index < -0.39 is 34.7 Å². The van der Waals surface area contributed by atoms with Crippen LogP contribution in [0.3, 0.4) is 0 Å². The molecule has 4 unspecified atom stereocenters. The van der Waals surface area contributed by atoms with Gasteiger partial charge in [0, 0.05) is 24.7 Å². The maximum absolute atomic E-state index is 14.9. The summed E-state index contributed by atoms with van der Waals surface area (Å²) in [5.41, 5.74) is 1.14. The number of quaternary nitrogens is 1. The Kier molecular flexibility index (Phi) is 7.26. The van der Waals surface area contributed by atoms with E-state index in [0.717, 1.165) is 17.3 Å². The third-order valence-corrected chi connectivity index (χ3v) is 9.61. The lowest BCUT2D eigenvalue weighted by molar-refractivity contribution is -0.936. The zero-order valence-electron chi connectivity index (χ0n) is 24.1. The van der Waals surface area contributed by atoms with Crippen molar-refractivity contribution < 1.29 is 23.2 Å². The lowest BCUT2D eigenvalue weighted by Gasteiger charge is -2.41. The Morgan fingerprint density at radius 2 is 1.82 bits per heavy atom. The fraction of sp³-hybridized carbons (Fsp3) is 0.581. The highest BCUT2D eigenvalue weighted by Gasteiger charge is 2.54. The van der Waals surface area contributed by atoms with Crippen molar-refractivity contribution >= 4 is 17.5 Å². The number of nitrogens with one attached hydrogen (secondary N) is 1. The number of aromatic nitrogens is 1. The van der Waals surface area contributed by atoms with Gasteiger partial charge < -0.3 is 14.5 Å². The molecule has 4 atom stereocenters. The van der Waals surface area contributed by atoms with Gasteiger partial charge in [-0.25, -0.2) is 8.78 Å². The SMILES string of the molecule is Cc1nc2c(cc1Cl)C(C(C)(C)C#N)OC21CCN(C(=O)C2C[NH+](C(C)(C)C)CC2c2ccc(F)cc2F)CC1. The molecule has 6 nitrogen and oxygen atoms in total. The summed E-state index contributed by atoms with van der Waals surface area (Å²) in [5, 5.41) is 10.4. The summed E-state index contributed by atoms with van der Waals surface area (Å²) in [6.07, 6.45) is 0.594. The van der Waals surface area contributed by atoms with Crippen LogP contribution in [0.1, 0.15) is 82.0 Å². The van der Waals surface area contributed by atoms with Gasteiger partial charge in [-0.2, -0.15) is 5.26 Å². The second-order valence-electron chi connectivity index (χ2n) is 13.3. The number of piperidine rings is 1. The standard InChI is InChI=1S/C31H37ClF2N4O2/c1-18-24(32)14-21-26(36-18)31(40-27(21)30(5,6)17-35)9-11-37(12-10-31)28(39)23-16-38(29(2,3)4)15-22(23)20-8-7-19(33)13-25(20)34/h7-8,13-14,22-23,27H,9-12,15-16H2,1-6H3/p+1. The Labute approximate surface area is 240 Å². The molecule has 0 saturated carbocycles. The van der Waals surface area contributed by atoms with Gasteiger partial charge in [0.05, 0.1) is 58.4 Å². The Bertz CT molecular complexity index is 1370. The summed E-state index contributed by atoms with van der Waals surface area (Å²) in [4.78, 5) is 22.0. The van der Waals surface area contributed by atoms with E-state index in [1.165, 1.54) is 17.0 Å². The third-order valence-electron chi connectivity index (χ3n) is 9.22. The number of carbonyl (C=O) groups is 1. The maximum Gasteiger partial charge on any atom is 0.232 e. The topological polar surface area (TPSA) is 70.7 Å². The number of rotatable bonds is 3. The Hall–Kier alpha value is -2.60. The van der Waals surface area contributed by atoms with E-state index in [9.17, 15) is 18.8 Å². The third kappa shape index (κ3) is 4.91. The molecular weight excluding hydrogens is 534 g/mol.